The molecule has 0 spiro atoms. The SMILES string of the molecule is CCCCCCC[C@@H](C)Oc1ccc(/C=C2/SC(=S)N([C@@H](Cc3ccccc3)C(=O)O)C2=O)cc1OC. The molecular formula is C29H35NO5S2. The van der Waals surface area contributed by atoms with E-state index in [0.717, 1.165) is 35.7 Å². The lowest BCUT2D eigenvalue weighted by atomic mass is 10.0. The van der Waals surface area contributed by atoms with Crippen LogP contribution in [0.4, 0.5) is 0 Å². The molecule has 8 heteroatoms. The van der Waals surface area contributed by atoms with Crippen LogP contribution in [-0.2, 0) is 16.0 Å². The highest BCUT2D eigenvalue weighted by molar-refractivity contribution is 8.26. The van der Waals surface area contributed by atoms with Gasteiger partial charge in [0, 0.05) is 6.42 Å². The average Bonchev–Trinajstić information content (AvgIpc) is 3.15. The standard InChI is InChI=1S/C29H35NO5S2/c1-4-5-6-7-9-12-20(2)35-24-16-15-22(18-25(24)34-3)19-26-27(31)30(29(36)37-26)23(28(32)33)17-21-13-10-8-11-14-21/h8,10-11,13-16,18-20,23H,4-7,9,12,17H2,1-3H3,(H,32,33)/b26-19+/t20-,23+/m1/s1. The molecule has 198 valence electrons. The van der Waals surface area contributed by atoms with Crippen LogP contribution in [0.2, 0.25) is 0 Å². The summed E-state index contributed by atoms with van der Waals surface area (Å²) in [6.07, 6.45) is 9.03. The van der Waals surface area contributed by atoms with Crippen molar-refractivity contribution in [3.05, 3.63) is 64.6 Å². The number of ether oxygens (including phenoxy) is 2. The Morgan fingerprint density at radius 2 is 1.84 bits per heavy atom. The van der Waals surface area contributed by atoms with Crippen LogP contribution < -0.4 is 9.47 Å². The maximum atomic E-state index is 13.2. The molecule has 1 aliphatic heterocycles. The number of aliphatic carboxylic acids is 1. The lowest BCUT2D eigenvalue weighted by Gasteiger charge is -2.23. The number of unbranched alkanes of at least 4 members (excludes halogenated alkanes) is 4. The van der Waals surface area contributed by atoms with Gasteiger partial charge in [-0.05, 0) is 49.1 Å². The maximum Gasteiger partial charge on any atom is 0.327 e. The monoisotopic (exact) mass is 541 g/mol. The van der Waals surface area contributed by atoms with Crippen molar-refractivity contribution in [2.75, 3.05) is 7.11 Å². The molecule has 6 nitrogen and oxygen atoms in total. The van der Waals surface area contributed by atoms with Gasteiger partial charge in [-0.3, -0.25) is 9.69 Å². The van der Waals surface area contributed by atoms with Crippen LogP contribution in [0.15, 0.2) is 53.4 Å². The van der Waals surface area contributed by atoms with Crippen LogP contribution >= 0.6 is 24.0 Å². The zero-order chi connectivity index (χ0) is 26.8. The summed E-state index contributed by atoms with van der Waals surface area (Å²) in [7, 11) is 1.59. The van der Waals surface area contributed by atoms with E-state index in [0.29, 0.717) is 16.4 Å². The minimum absolute atomic E-state index is 0.0650. The highest BCUT2D eigenvalue weighted by Gasteiger charge is 2.40. The van der Waals surface area contributed by atoms with E-state index in [1.807, 2.05) is 48.5 Å². The van der Waals surface area contributed by atoms with E-state index in [1.165, 1.54) is 30.6 Å². The highest BCUT2D eigenvalue weighted by Crippen LogP contribution is 2.36. The third kappa shape index (κ3) is 8.07. The Bertz CT molecular complexity index is 1120. The van der Waals surface area contributed by atoms with Gasteiger partial charge in [-0.15, -0.1) is 0 Å². The Morgan fingerprint density at radius 1 is 1.11 bits per heavy atom. The third-order valence-electron chi connectivity index (χ3n) is 6.22. The molecule has 0 aromatic heterocycles. The van der Waals surface area contributed by atoms with Gasteiger partial charge in [-0.25, -0.2) is 4.79 Å². The number of nitrogens with zero attached hydrogens (tertiary/aromatic N) is 1. The fraction of sp³-hybridized carbons (Fsp3) is 0.414. The van der Waals surface area contributed by atoms with Crippen LogP contribution in [0.1, 0.15) is 63.5 Å². The summed E-state index contributed by atoms with van der Waals surface area (Å²) in [5.74, 6) is -0.269. The maximum absolute atomic E-state index is 13.2. The number of amides is 1. The fourth-order valence-corrected chi connectivity index (χ4v) is 5.57. The molecule has 0 radical (unpaired) electrons. The van der Waals surface area contributed by atoms with Crippen molar-refractivity contribution >= 4 is 46.3 Å². The van der Waals surface area contributed by atoms with Crippen molar-refractivity contribution in [2.24, 2.45) is 0 Å². The Morgan fingerprint density at radius 3 is 2.51 bits per heavy atom. The molecule has 1 aliphatic rings. The first-order chi connectivity index (χ1) is 17.8. The number of carbonyl (C=O) groups is 2. The van der Waals surface area contributed by atoms with Crippen LogP contribution in [0.5, 0.6) is 11.5 Å². The van der Waals surface area contributed by atoms with Gasteiger partial charge < -0.3 is 14.6 Å². The number of rotatable bonds is 14. The summed E-state index contributed by atoms with van der Waals surface area (Å²) in [6.45, 7) is 4.27. The zero-order valence-electron chi connectivity index (χ0n) is 21.6. The molecule has 2 atom stereocenters. The molecule has 3 rings (SSSR count). The zero-order valence-corrected chi connectivity index (χ0v) is 23.3. The van der Waals surface area contributed by atoms with Gasteiger partial charge in [0.15, 0.2) is 11.5 Å². The molecule has 0 saturated carbocycles. The van der Waals surface area contributed by atoms with Gasteiger partial charge in [0.05, 0.1) is 18.1 Å². The minimum atomic E-state index is -1.09. The molecule has 2 aromatic carbocycles. The molecule has 2 aromatic rings. The van der Waals surface area contributed by atoms with Crippen LogP contribution in [0, 0.1) is 0 Å². The highest BCUT2D eigenvalue weighted by atomic mass is 32.2. The van der Waals surface area contributed by atoms with Gasteiger partial charge in [0.1, 0.15) is 10.4 Å². The number of hydrogen-bond donors (Lipinski definition) is 1. The quantitative estimate of drug-likeness (QED) is 0.162. The first-order valence-corrected chi connectivity index (χ1v) is 13.9. The van der Waals surface area contributed by atoms with E-state index in [4.69, 9.17) is 21.7 Å². The number of thiocarbonyl (C=S) groups is 1. The molecular weight excluding hydrogens is 506 g/mol. The minimum Gasteiger partial charge on any atom is -0.493 e. The van der Waals surface area contributed by atoms with Crippen molar-refractivity contribution in [3.8, 4) is 11.5 Å². The average molecular weight is 542 g/mol. The number of hydrogen-bond acceptors (Lipinski definition) is 6. The molecule has 0 aliphatic carbocycles. The first-order valence-electron chi connectivity index (χ1n) is 12.7. The van der Waals surface area contributed by atoms with E-state index in [1.54, 1.807) is 13.2 Å². The van der Waals surface area contributed by atoms with Crippen LogP contribution in [0.25, 0.3) is 6.08 Å². The summed E-state index contributed by atoms with van der Waals surface area (Å²) < 4.78 is 11.9. The fourth-order valence-electron chi connectivity index (χ4n) is 4.21. The molecule has 1 fully saturated rings. The number of benzene rings is 2. The molecule has 1 saturated heterocycles. The second kappa shape index (κ2) is 14.2. The summed E-state index contributed by atoms with van der Waals surface area (Å²) in [5, 5.41) is 9.86. The molecule has 0 bridgehead atoms. The second-order valence-electron chi connectivity index (χ2n) is 9.14. The topological polar surface area (TPSA) is 76.1 Å². The van der Waals surface area contributed by atoms with E-state index in [2.05, 4.69) is 13.8 Å². The Balaban J connectivity index is 1.70. The summed E-state index contributed by atoms with van der Waals surface area (Å²) in [6, 6.07) is 13.7. The van der Waals surface area contributed by atoms with Gasteiger partial charge in [0.25, 0.3) is 5.91 Å². The first kappa shape index (κ1) is 28.7. The summed E-state index contributed by atoms with van der Waals surface area (Å²) in [5.41, 5.74) is 1.57. The van der Waals surface area contributed by atoms with Crippen LogP contribution in [0.3, 0.4) is 0 Å². The molecule has 1 N–H and O–H groups in total. The lowest BCUT2D eigenvalue weighted by Crippen LogP contribution is -2.45. The van der Waals surface area contributed by atoms with Crippen molar-refractivity contribution < 1.29 is 24.2 Å². The number of carboxylic acid groups (broad SMARTS) is 1. The van der Waals surface area contributed by atoms with Crippen molar-refractivity contribution in [1.82, 2.24) is 4.90 Å². The van der Waals surface area contributed by atoms with E-state index < -0.39 is 17.9 Å². The largest absolute Gasteiger partial charge is 0.493 e. The van der Waals surface area contributed by atoms with Gasteiger partial charge >= 0.3 is 5.97 Å². The Hall–Kier alpha value is -2.84. The summed E-state index contributed by atoms with van der Waals surface area (Å²) in [4.78, 5) is 26.9. The Labute approximate surface area is 229 Å². The Kier molecular flexibility index (Phi) is 11.0. The lowest BCUT2D eigenvalue weighted by molar-refractivity contribution is -0.145. The van der Waals surface area contributed by atoms with Gasteiger partial charge in [-0.2, -0.15) is 0 Å². The van der Waals surface area contributed by atoms with Gasteiger partial charge in [0.2, 0.25) is 0 Å². The second-order valence-corrected chi connectivity index (χ2v) is 10.8. The van der Waals surface area contributed by atoms with E-state index in [-0.39, 0.29) is 16.8 Å². The number of thioether (sulfide) groups is 1. The third-order valence-corrected chi connectivity index (χ3v) is 7.55. The predicted molar refractivity (Wildman–Crippen MR) is 153 cm³/mol. The van der Waals surface area contributed by atoms with Crippen molar-refractivity contribution in [2.45, 2.75) is 70.9 Å². The van der Waals surface area contributed by atoms with Gasteiger partial charge in [-0.1, -0.05) is 93.0 Å². The number of carbonyl (C=O) groups excluding carboxylic acids is 1. The van der Waals surface area contributed by atoms with E-state index >= 15 is 0 Å². The number of carboxylic acids is 1. The number of methoxy groups -OCH3 is 1. The predicted octanol–water partition coefficient (Wildman–Crippen LogP) is 6.72. The van der Waals surface area contributed by atoms with Crippen molar-refractivity contribution in [1.29, 1.82) is 0 Å². The van der Waals surface area contributed by atoms with Crippen LogP contribution in [-0.4, -0.2) is 45.5 Å². The smallest absolute Gasteiger partial charge is 0.327 e. The summed E-state index contributed by atoms with van der Waals surface area (Å²) >= 11 is 6.53. The van der Waals surface area contributed by atoms with Crippen molar-refractivity contribution in [3.63, 3.8) is 0 Å². The molecule has 1 heterocycles. The molecule has 0 unspecified atom stereocenters. The normalized spacial score (nSPS) is 16.2. The molecule has 1 amide bonds. The molecule has 37 heavy (non-hydrogen) atoms. The van der Waals surface area contributed by atoms with E-state index in [9.17, 15) is 14.7 Å².